The number of fused-ring (bicyclic) bond motifs is 1. The maximum absolute atomic E-state index is 9.10. The molecule has 132 valence electrons. The van der Waals surface area contributed by atoms with Crippen LogP contribution in [0.4, 0.5) is 0 Å². The molecule has 0 amide bonds. The summed E-state index contributed by atoms with van der Waals surface area (Å²) in [6.45, 7) is 1.36. The molecule has 1 fully saturated rings. The number of hydrogen-bond donors (Lipinski definition) is 2. The number of carboxylic acids is 2. The Morgan fingerprint density at radius 2 is 1.71 bits per heavy atom. The third-order valence-corrected chi connectivity index (χ3v) is 4.25. The molecule has 24 heavy (non-hydrogen) atoms. The lowest BCUT2D eigenvalue weighted by molar-refractivity contribution is -0.159. The molecule has 3 rings (SSSR count). The molecule has 1 saturated carbocycles. The van der Waals surface area contributed by atoms with Gasteiger partial charge in [0.25, 0.3) is 0 Å². The molecule has 0 aromatic heterocycles. The van der Waals surface area contributed by atoms with Crippen LogP contribution in [0.1, 0.15) is 37.7 Å². The number of nitrogens with zero attached hydrogens (tertiary/aromatic N) is 1. The van der Waals surface area contributed by atoms with Gasteiger partial charge in [-0.3, -0.25) is 4.90 Å². The SMILES string of the molecule is CN(Cc1ccc2c(c1)OCO2)C1CCCCC1.O=C(O)C(=O)O. The van der Waals surface area contributed by atoms with Gasteiger partial charge in [-0.15, -0.1) is 0 Å². The Morgan fingerprint density at radius 3 is 2.33 bits per heavy atom. The lowest BCUT2D eigenvalue weighted by atomic mass is 9.94. The molecule has 7 nitrogen and oxygen atoms in total. The number of carbonyl (C=O) groups is 2. The van der Waals surface area contributed by atoms with E-state index in [1.165, 1.54) is 37.7 Å². The van der Waals surface area contributed by atoms with Crippen molar-refractivity contribution >= 4 is 11.9 Å². The smallest absolute Gasteiger partial charge is 0.414 e. The third kappa shape index (κ3) is 5.13. The van der Waals surface area contributed by atoms with Gasteiger partial charge >= 0.3 is 11.9 Å². The van der Waals surface area contributed by atoms with E-state index < -0.39 is 11.9 Å². The molecule has 0 atom stereocenters. The van der Waals surface area contributed by atoms with E-state index in [0.29, 0.717) is 6.79 Å². The van der Waals surface area contributed by atoms with Crippen LogP contribution in [0.15, 0.2) is 18.2 Å². The van der Waals surface area contributed by atoms with E-state index in [1.807, 2.05) is 6.07 Å². The monoisotopic (exact) mass is 337 g/mol. The van der Waals surface area contributed by atoms with Gasteiger partial charge in [0.1, 0.15) is 0 Å². The van der Waals surface area contributed by atoms with Crippen molar-refractivity contribution in [3.63, 3.8) is 0 Å². The highest BCUT2D eigenvalue weighted by Gasteiger charge is 2.19. The van der Waals surface area contributed by atoms with Crippen molar-refractivity contribution in [2.75, 3.05) is 13.8 Å². The van der Waals surface area contributed by atoms with Gasteiger partial charge in [-0.25, -0.2) is 9.59 Å². The fourth-order valence-electron chi connectivity index (χ4n) is 2.98. The van der Waals surface area contributed by atoms with Gasteiger partial charge in [0, 0.05) is 12.6 Å². The van der Waals surface area contributed by atoms with Gasteiger partial charge in [-0.2, -0.15) is 0 Å². The average Bonchev–Trinajstić information content (AvgIpc) is 3.04. The normalized spacial score (nSPS) is 16.4. The molecule has 1 aliphatic carbocycles. The summed E-state index contributed by atoms with van der Waals surface area (Å²) in [7, 11) is 2.24. The molecule has 1 heterocycles. The first-order chi connectivity index (χ1) is 11.5. The summed E-state index contributed by atoms with van der Waals surface area (Å²) in [6.07, 6.45) is 6.88. The number of rotatable bonds is 3. The van der Waals surface area contributed by atoms with Crippen LogP contribution in [0.2, 0.25) is 0 Å². The van der Waals surface area contributed by atoms with Crippen LogP contribution >= 0.6 is 0 Å². The fraction of sp³-hybridized carbons (Fsp3) is 0.529. The first kappa shape index (κ1) is 18.1. The Kier molecular flexibility index (Phi) is 6.43. The number of benzene rings is 1. The molecule has 0 spiro atoms. The molecule has 0 bridgehead atoms. The lowest BCUT2D eigenvalue weighted by Gasteiger charge is -2.31. The molecule has 2 aliphatic rings. The van der Waals surface area contributed by atoms with Crippen molar-refractivity contribution in [2.45, 2.75) is 44.7 Å². The summed E-state index contributed by atoms with van der Waals surface area (Å²) >= 11 is 0. The predicted molar refractivity (Wildman–Crippen MR) is 86.2 cm³/mol. The molecular weight excluding hydrogens is 314 g/mol. The van der Waals surface area contributed by atoms with Crippen LogP contribution in [-0.2, 0) is 16.1 Å². The summed E-state index contributed by atoms with van der Waals surface area (Å²) in [5.74, 6) is -1.88. The average molecular weight is 337 g/mol. The van der Waals surface area contributed by atoms with Gasteiger partial charge in [0.2, 0.25) is 6.79 Å². The van der Waals surface area contributed by atoms with Crippen molar-refractivity contribution in [1.82, 2.24) is 4.90 Å². The number of hydrogen-bond acceptors (Lipinski definition) is 5. The van der Waals surface area contributed by atoms with E-state index in [-0.39, 0.29) is 0 Å². The molecule has 0 unspecified atom stereocenters. The number of ether oxygens (including phenoxy) is 2. The maximum atomic E-state index is 9.10. The molecule has 0 radical (unpaired) electrons. The van der Waals surface area contributed by atoms with Crippen LogP contribution in [0.25, 0.3) is 0 Å². The molecule has 7 heteroatoms. The maximum Gasteiger partial charge on any atom is 0.414 e. The molecule has 1 aromatic carbocycles. The van der Waals surface area contributed by atoms with Crippen molar-refractivity contribution in [3.05, 3.63) is 23.8 Å². The van der Waals surface area contributed by atoms with Crippen LogP contribution < -0.4 is 9.47 Å². The van der Waals surface area contributed by atoms with E-state index in [4.69, 9.17) is 29.3 Å². The Balaban J connectivity index is 0.000000301. The molecule has 1 aromatic rings. The first-order valence-corrected chi connectivity index (χ1v) is 8.02. The molecule has 0 saturated heterocycles. The first-order valence-electron chi connectivity index (χ1n) is 8.02. The van der Waals surface area contributed by atoms with Crippen LogP contribution in [0, 0.1) is 0 Å². The second-order valence-electron chi connectivity index (χ2n) is 6.00. The van der Waals surface area contributed by atoms with Crippen molar-refractivity contribution < 1.29 is 29.3 Å². The van der Waals surface area contributed by atoms with Gasteiger partial charge in [0.05, 0.1) is 0 Å². The highest BCUT2D eigenvalue weighted by Crippen LogP contribution is 2.33. The molecule has 2 N–H and O–H groups in total. The fourth-order valence-corrected chi connectivity index (χ4v) is 2.98. The van der Waals surface area contributed by atoms with E-state index >= 15 is 0 Å². The number of carboxylic acid groups (broad SMARTS) is 2. The van der Waals surface area contributed by atoms with E-state index in [2.05, 4.69) is 24.1 Å². The van der Waals surface area contributed by atoms with E-state index in [9.17, 15) is 0 Å². The molecular formula is C17H23NO6. The minimum absolute atomic E-state index is 0.358. The summed E-state index contributed by atoms with van der Waals surface area (Å²) in [6, 6.07) is 7.03. The Labute approximate surface area is 140 Å². The standard InChI is InChI=1S/C15H21NO2.C2H2O4/c1-16(13-5-3-2-4-6-13)10-12-7-8-14-15(9-12)18-11-17-14;3-1(4)2(5)6/h7-9,13H,2-6,10-11H2,1H3;(H,3,4)(H,5,6). The Morgan fingerprint density at radius 1 is 1.08 bits per heavy atom. The summed E-state index contributed by atoms with van der Waals surface area (Å²) in [5, 5.41) is 14.8. The van der Waals surface area contributed by atoms with Gasteiger partial charge in [-0.05, 0) is 37.6 Å². The lowest BCUT2D eigenvalue weighted by Crippen LogP contribution is -2.32. The highest BCUT2D eigenvalue weighted by molar-refractivity contribution is 6.27. The Hall–Kier alpha value is -2.28. The zero-order chi connectivity index (χ0) is 17.5. The third-order valence-electron chi connectivity index (χ3n) is 4.25. The second-order valence-corrected chi connectivity index (χ2v) is 6.00. The topological polar surface area (TPSA) is 96.3 Å². The van der Waals surface area contributed by atoms with E-state index in [0.717, 1.165) is 24.1 Å². The second kappa shape index (κ2) is 8.54. The van der Waals surface area contributed by atoms with Crippen molar-refractivity contribution in [2.24, 2.45) is 0 Å². The Bertz CT molecular complexity index is 570. The highest BCUT2D eigenvalue weighted by atomic mass is 16.7. The summed E-state index contributed by atoms with van der Waals surface area (Å²) in [4.78, 5) is 20.7. The quantitative estimate of drug-likeness (QED) is 0.817. The molecule has 1 aliphatic heterocycles. The zero-order valence-corrected chi connectivity index (χ0v) is 13.7. The van der Waals surface area contributed by atoms with Gasteiger partial charge in [0.15, 0.2) is 11.5 Å². The van der Waals surface area contributed by atoms with Crippen LogP contribution in [0.5, 0.6) is 11.5 Å². The summed E-state index contributed by atoms with van der Waals surface area (Å²) in [5.41, 5.74) is 1.31. The van der Waals surface area contributed by atoms with Crippen molar-refractivity contribution in [3.8, 4) is 11.5 Å². The predicted octanol–water partition coefficient (Wildman–Crippen LogP) is 2.34. The van der Waals surface area contributed by atoms with Gasteiger partial charge < -0.3 is 19.7 Å². The minimum atomic E-state index is -1.82. The van der Waals surface area contributed by atoms with Gasteiger partial charge in [-0.1, -0.05) is 25.3 Å². The number of aliphatic carboxylic acids is 2. The van der Waals surface area contributed by atoms with Crippen LogP contribution in [-0.4, -0.2) is 46.9 Å². The van der Waals surface area contributed by atoms with E-state index in [1.54, 1.807) is 0 Å². The zero-order valence-electron chi connectivity index (χ0n) is 13.7. The largest absolute Gasteiger partial charge is 0.473 e. The minimum Gasteiger partial charge on any atom is -0.473 e. The van der Waals surface area contributed by atoms with Crippen molar-refractivity contribution in [1.29, 1.82) is 0 Å². The summed E-state index contributed by atoms with van der Waals surface area (Å²) < 4.78 is 10.8. The van der Waals surface area contributed by atoms with Crippen LogP contribution in [0.3, 0.4) is 0 Å².